The first kappa shape index (κ1) is 23.0. The predicted molar refractivity (Wildman–Crippen MR) is 107 cm³/mol. The molecule has 2 amide bonds. The topological polar surface area (TPSA) is 116 Å². The number of primary amides is 1. The molecule has 30 heavy (non-hydrogen) atoms. The third-order valence-corrected chi connectivity index (χ3v) is 4.78. The van der Waals surface area contributed by atoms with E-state index in [2.05, 4.69) is 5.32 Å². The standard InChI is InChI=1S/C20H18F2N2O5S/c1-10(25)24-17(19(23)27)9-30-20(28)15-7-12(3-6-18(15)29-11(2)26)14-5-4-13(21)8-16(14)22/h3-8,17H,9H2,1-2H3,(H2,23,27)(H,24,25)/t17-/m1/s1. The molecule has 3 N–H and O–H groups in total. The van der Waals surface area contributed by atoms with E-state index >= 15 is 0 Å². The van der Waals surface area contributed by atoms with Crippen LogP contribution in [0.2, 0.25) is 0 Å². The molecule has 10 heteroatoms. The minimum atomic E-state index is -1.09. The Morgan fingerprint density at radius 3 is 2.37 bits per heavy atom. The molecule has 2 aromatic carbocycles. The van der Waals surface area contributed by atoms with Gasteiger partial charge in [0.2, 0.25) is 16.9 Å². The van der Waals surface area contributed by atoms with Gasteiger partial charge in [-0.2, -0.15) is 0 Å². The van der Waals surface area contributed by atoms with Crippen molar-refractivity contribution < 1.29 is 32.7 Å². The number of carbonyl (C=O) groups is 4. The van der Waals surface area contributed by atoms with Crippen LogP contribution in [0.5, 0.6) is 5.75 Å². The lowest BCUT2D eigenvalue weighted by atomic mass is 10.0. The normalized spacial score (nSPS) is 11.5. The Bertz CT molecular complexity index is 1010. The van der Waals surface area contributed by atoms with E-state index in [1.165, 1.54) is 31.2 Å². The van der Waals surface area contributed by atoms with Gasteiger partial charge in [0.15, 0.2) is 0 Å². The summed E-state index contributed by atoms with van der Waals surface area (Å²) in [6.07, 6.45) is 0. The van der Waals surface area contributed by atoms with Crippen molar-refractivity contribution in [2.75, 3.05) is 5.75 Å². The molecule has 2 rings (SSSR count). The number of thioether (sulfide) groups is 1. The van der Waals surface area contributed by atoms with Crippen molar-refractivity contribution >= 4 is 34.7 Å². The van der Waals surface area contributed by atoms with Crippen LogP contribution in [0.4, 0.5) is 8.78 Å². The maximum Gasteiger partial charge on any atom is 0.308 e. The molecule has 0 saturated carbocycles. The summed E-state index contributed by atoms with van der Waals surface area (Å²) in [6, 6.07) is 5.92. The van der Waals surface area contributed by atoms with Gasteiger partial charge in [-0.05, 0) is 29.8 Å². The van der Waals surface area contributed by atoms with Crippen molar-refractivity contribution in [1.82, 2.24) is 5.32 Å². The second-order valence-electron chi connectivity index (χ2n) is 6.18. The van der Waals surface area contributed by atoms with Gasteiger partial charge < -0.3 is 15.8 Å². The van der Waals surface area contributed by atoms with Gasteiger partial charge in [0.25, 0.3) is 0 Å². The number of nitrogens with one attached hydrogen (secondary N) is 1. The summed E-state index contributed by atoms with van der Waals surface area (Å²) in [6.45, 7) is 2.34. The van der Waals surface area contributed by atoms with Crippen LogP contribution in [-0.2, 0) is 14.4 Å². The molecule has 0 aliphatic carbocycles. The summed E-state index contributed by atoms with van der Waals surface area (Å²) in [4.78, 5) is 46.7. The van der Waals surface area contributed by atoms with Crippen molar-refractivity contribution in [2.24, 2.45) is 5.73 Å². The molecule has 0 aromatic heterocycles. The van der Waals surface area contributed by atoms with Crippen molar-refractivity contribution in [2.45, 2.75) is 19.9 Å². The number of rotatable bonds is 7. The van der Waals surface area contributed by atoms with Crippen molar-refractivity contribution in [3.8, 4) is 16.9 Å². The second-order valence-corrected chi connectivity index (χ2v) is 7.18. The number of benzene rings is 2. The lowest BCUT2D eigenvalue weighted by Crippen LogP contribution is -2.45. The highest BCUT2D eigenvalue weighted by Gasteiger charge is 2.22. The highest BCUT2D eigenvalue weighted by Crippen LogP contribution is 2.31. The van der Waals surface area contributed by atoms with Gasteiger partial charge in [-0.1, -0.05) is 17.8 Å². The van der Waals surface area contributed by atoms with Gasteiger partial charge in [-0.25, -0.2) is 8.78 Å². The Morgan fingerprint density at radius 2 is 1.80 bits per heavy atom. The molecule has 0 aliphatic rings. The SMILES string of the molecule is CC(=O)N[C@H](CSC(=O)c1cc(-c2ccc(F)cc2F)ccc1OC(C)=O)C(N)=O. The fraction of sp³-hybridized carbons (Fsp3) is 0.200. The minimum Gasteiger partial charge on any atom is -0.426 e. The Labute approximate surface area is 175 Å². The van der Waals surface area contributed by atoms with Crippen molar-refractivity contribution in [3.05, 3.63) is 53.6 Å². The Balaban J connectivity index is 2.36. The van der Waals surface area contributed by atoms with Gasteiger partial charge in [0, 0.05) is 31.2 Å². The number of carbonyl (C=O) groups excluding carboxylic acids is 4. The summed E-state index contributed by atoms with van der Waals surface area (Å²) in [5.74, 6) is -3.82. The van der Waals surface area contributed by atoms with E-state index in [4.69, 9.17) is 10.5 Å². The van der Waals surface area contributed by atoms with Gasteiger partial charge in [-0.15, -0.1) is 0 Å². The lowest BCUT2D eigenvalue weighted by Gasteiger charge is -2.14. The molecular weight excluding hydrogens is 418 g/mol. The van der Waals surface area contributed by atoms with Crippen LogP contribution in [-0.4, -0.2) is 34.7 Å². The molecule has 1 atom stereocenters. The van der Waals surface area contributed by atoms with E-state index in [1.807, 2.05) is 0 Å². The summed E-state index contributed by atoms with van der Waals surface area (Å²) < 4.78 is 32.4. The van der Waals surface area contributed by atoms with Gasteiger partial charge >= 0.3 is 5.97 Å². The second kappa shape index (κ2) is 9.97. The molecule has 0 bridgehead atoms. The number of hydrogen-bond acceptors (Lipinski definition) is 6. The van der Waals surface area contributed by atoms with Crippen LogP contribution in [0.25, 0.3) is 11.1 Å². The molecule has 0 aliphatic heterocycles. The molecule has 0 heterocycles. The maximum atomic E-state index is 14.1. The number of nitrogens with two attached hydrogens (primary N) is 1. The van der Waals surface area contributed by atoms with Gasteiger partial charge in [-0.3, -0.25) is 19.2 Å². The first-order chi connectivity index (χ1) is 14.1. The van der Waals surface area contributed by atoms with E-state index < -0.39 is 40.6 Å². The third kappa shape index (κ3) is 6.11. The molecule has 158 valence electrons. The first-order valence-electron chi connectivity index (χ1n) is 8.60. The van der Waals surface area contributed by atoms with E-state index in [0.29, 0.717) is 17.8 Å². The Morgan fingerprint density at radius 1 is 1.10 bits per heavy atom. The zero-order chi connectivity index (χ0) is 22.4. The van der Waals surface area contributed by atoms with Gasteiger partial charge in [0.05, 0.1) is 5.56 Å². The summed E-state index contributed by atoms with van der Waals surface area (Å²) in [5, 5.41) is 1.72. The summed E-state index contributed by atoms with van der Waals surface area (Å²) >= 11 is 0.660. The number of esters is 1. The molecular formula is C20H18F2N2O5S. The van der Waals surface area contributed by atoms with E-state index in [0.717, 1.165) is 13.0 Å². The highest BCUT2D eigenvalue weighted by molar-refractivity contribution is 8.14. The number of ether oxygens (including phenoxy) is 1. The average molecular weight is 436 g/mol. The number of amides is 2. The highest BCUT2D eigenvalue weighted by atomic mass is 32.2. The molecule has 0 radical (unpaired) electrons. The molecule has 0 fully saturated rings. The zero-order valence-electron chi connectivity index (χ0n) is 16.0. The maximum absolute atomic E-state index is 14.1. The van der Waals surface area contributed by atoms with Crippen LogP contribution in [0.1, 0.15) is 24.2 Å². The molecule has 0 spiro atoms. The Hall–Kier alpha value is -3.27. The minimum absolute atomic E-state index is 0.0399. The van der Waals surface area contributed by atoms with Gasteiger partial charge in [0.1, 0.15) is 23.4 Å². The summed E-state index contributed by atoms with van der Waals surface area (Å²) in [7, 11) is 0. The van der Waals surface area contributed by atoms with Crippen molar-refractivity contribution in [1.29, 1.82) is 0 Å². The summed E-state index contributed by atoms with van der Waals surface area (Å²) in [5.41, 5.74) is 5.44. The van der Waals surface area contributed by atoms with Crippen LogP contribution < -0.4 is 15.8 Å². The molecule has 7 nitrogen and oxygen atoms in total. The Kier molecular flexibility index (Phi) is 7.65. The van der Waals surface area contributed by atoms with Crippen LogP contribution in [0, 0.1) is 11.6 Å². The average Bonchev–Trinajstić information content (AvgIpc) is 2.64. The number of halogens is 2. The van der Waals surface area contributed by atoms with Crippen molar-refractivity contribution in [3.63, 3.8) is 0 Å². The van der Waals surface area contributed by atoms with Crippen LogP contribution in [0.3, 0.4) is 0 Å². The zero-order valence-corrected chi connectivity index (χ0v) is 16.8. The fourth-order valence-corrected chi connectivity index (χ4v) is 3.38. The largest absolute Gasteiger partial charge is 0.426 e. The van der Waals surface area contributed by atoms with Crippen LogP contribution in [0.15, 0.2) is 36.4 Å². The molecule has 0 saturated heterocycles. The quantitative estimate of drug-likeness (QED) is 0.509. The smallest absolute Gasteiger partial charge is 0.308 e. The van der Waals surface area contributed by atoms with E-state index in [-0.39, 0.29) is 28.2 Å². The molecule has 0 unspecified atom stereocenters. The fourth-order valence-electron chi connectivity index (χ4n) is 2.50. The van der Waals surface area contributed by atoms with E-state index in [1.54, 1.807) is 0 Å². The molecule has 2 aromatic rings. The van der Waals surface area contributed by atoms with Crippen LogP contribution >= 0.6 is 11.8 Å². The monoisotopic (exact) mass is 436 g/mol. The van der Waals surface area contributed by atoms with E-state index in [9.17, 15) is 28.0 Å². The first-order valence-corrected chi connectivity index (χ1v) is 9.58. The predicted octanol–water partition coefficient (Wildman–Crippen LogP) is 2.42. The number of hydrogen-bond donors (Lipinski definition) is 2. The third-order valence-electron chi connectivity index (χ3n) is 3.80. The lowest BCUT2D eigenvalue weighted by molar-refractivity contribution is -0.132.